The Bertz CT molecular complexity index is 463. The lowest BCUT2D eigenvalue weighted by Gasteiger charge is -2.23. The number of aryl methyl sites for hydroxylation is 1. The van der Waals surface area contributed by atoms with Gasteiger partial charge in [0.1, 0.15) is 11.5 Å². The zero-order valence-electron chi connectivity index (χ0n) is 9.09. The lowest BCUT2D eigenvalue weighted by Crippen LogP contribution is -2.27. The number of allylic oxidation sites excluding steroid dienone is 1. The van der Waals surface area contributed by atoms with Crippen molar-refractivity contribution in [3.63, 3.8) is 0 Å². The molecule has 3 heteroatoms. The van der Waals surface area contributed by atoms with Gasteiger partial charge in [-0.05, 0) is 42.3 Å². The molecule has 16 heavy (non-hydrogen) atoms. The minimum Gasteiger partial charge on any atom is -0.508 e. The van der Waals surface area contributed by atoms with Crippen LogP contribution in [0.4, 0.5) is 0 Å². The maximum absolute atomic E-state index is 9.48. The van der Waals surface area contributed by atoms with E-state index in [9.17, 15) is 10.2 Å². The molecule has 3 nitrogen and oxygen atoms in total. The van der Waals surface area contributed by atoms with Gasteiger partial charge in [-0.3, -0.25) is 0 Å². The van der Waals surface area contributed by atoms with Crippen LogP contribution in [0.2, 0.25) is 0 Å². The summed E-state index contributed by atoms with van der Waals surface area (Å²) >= 11 is 0. The molecule has 0 fully saturated rings. The van der Waals surface area contributed by atoms with E-state index in [0.29, 0.717) is 0 Å². The average Bonchev–Trinajstić information content (AvgIpc) is 2.25. The van der Waals surface area contributed by atoms with Crippen LogP contribution in [-0.2, 0) is 0 Å². The predicted molar refractivity (Wildman–Crippen MR) is 63.4 cm³/mol. The molecule has 1 aliphatic carbocycles. The molecule has 0 aromatic heterocycles. The minimum atomic E-state index is -0.170. The number of hydrogen-bond donors (Lipinski definition) is 3. The van der Waals surface area contributed by atoms with Crippen molar-refractivity contribution in [2.75, 3.05) is 0 Å². The van der Waals surface area contributed by atoms with Gasteiger partial charge in [-0.2, -0.15) is 0 Å². The number of phenolic OH excluding ortho intramolecular Hbond substituents is 1. The van der Waals surface area contributed by atoms with Gasteiger partial charge in [0.15, 0.2) is 0 Å². The summed E-state index contributed by atoms with van der Waals surface area (Å²) in [6.07, 6.45) is 5.08. The van der Waals surface area contributed by atoms with E-state index < -0.39 is 0 Å². The van der Waals surface area contributed by atoms with Gasteiger partial charge in [-0.25, -0.2) is 0 Å². The molecule has 84 valence electrons. The van der Waals surface area contributed by atoms with Gasteiger partial charge < -0.3 is 15.9 Å². The summed E-state index contributed by atoms with van der Waals surface area (Å²) < 4.78 is 0. The van der Waals surface area contributed by atoms with E-state index in [1.807, 2.05) is 13.0 Å². The summed E-state index contributed by atoms with van der Waals surface area (Å²) in [4.78, 5) is 0. The Morgan fingerprint density at radius 1 is 1.25 bits per heavy atom. The SMILES string of the molecule is Cc1ccc(O)cc1C1C=C(O)C=CC1N. The fourth-order valence-electron chi connectivity index (χ4n) is 1.96. The zero-order chi connectivity index (χ0) is 11.7. The summed E-state index contributed by atoms with van der Waals surface area (Å²) in [6, 6.07) is 5.02. The van der Waals surface area contributed by atoms with Crippen molar-refractivity contribution >= 4 is 0 Å². The van der Waals surface area contributed by atoms with Crippen molar-refractivity contribution in [2.24, 2.45) is 5.73 Å². The molecule has 0 bridgehead atoms. The van der Waals surface area contributed by atoms with Crippen LogP contribution in [0.25, 0.3) is 0 Å². The average molecular weight is 217 g/mol. The third-order valence-electron chi connectivity index (χ3n) is 2.88. The van der Waals surface area contributed by atoms with Gasteiger partial charge >= 0.3 is 0 Å². The van der Waals surface area contributed by atoms with Gasteiger partial charge in [0.2, 0.25) is 0 Å². The quantitative estimate of drug-likeness (QED) is 0.675. The van der Waals surface area contributed by atoms with Gasteiger partial charge in [0.25, 0.3) is 0 Å². The number of aromatic hydroxyl groups is 1. The molecule has 0 aliphatic heterocycles. The Hall–Kier alpha value is -1.74. The number of aliphatic hydroxyl groups is 1. The highest BCUT2D eigenvalue weighted by Crippen LogP contribution is 2.30. The van der Waals surface area contributed by atoms with Crippen LogP contribution in [0.5, 0.6) is 5.75 Å². The van der Waals surface area contributed by atoms with Gasteiger partial charge in [0, 0.05) is 12.0 Å². The molecule has 4 N–H and O–H groups in total. The predicted octanol–water partition coefficient (Wildman–Crippen LogP) is 2.12. The van der Waals surface area contributed by atoms with Crippen LogP contribution < -0.4 is 5.73 Å². The smallest absolute Gasteiger partial charge is 0.115 e. The summed E-state index contributed by atoms with van der Waals surface area (Å²) in [7, 11) is 0. The molecule has 2 rings (SSSR count). The van der Waals surface area contributed by atoms with E-state index >= 15 is 0 Å². The molecule has 0 amide bonds. The Balaban J connectivity index is 2.44. The van der Waals surface area contributed by atoms with Gasteiger partial charge in [-0.1, -0.05) is 12.1 Å². The fourth-order valence-corrected chi connectivity index (χ4v) is 1.96. The Labute approximate surface area is 94.5 Å². The number of benzene rings is 1. The first-order valence-corrected chi connectivity index (χ1v) is 5.22. The van der Waals surface area contributed by atoms with E-state index in [1.165, 1.54) is 0 Å². The first kappa shape index (κ1) is 10.8. The molecule has 0 saturated carbocycles. The molecule has 0 saturated heterocycles. The lowest BCUT2D eigenvalue weighted by atomic mass is 9.86. The number of aliphatic hydroxyl groups excluding tert-OH is 1. The van der Waals surface area contributed by atoms with Crippen LogP contribution in [0.1, 0.15) is 17.0 Å². The van der Waals surface area contributed by atoms with Crippen LogP contribution >= 0.6 is 0 Å². The van der Waals surface area contributed by atoms with E-state index in [2.05, 4.69) is 0 Å². The molecule has 1 aliphatic rings. The van der Waals surface area contributed by atoms with E-state index in [4.69, 9.17) is 5.73 Å². The first-order chi connectivity index (χ1) is 7.58. The topological polar surface area (TPSA) is 66.5 Å². The number of phenols is 1. The summed E-state index contributed by atoms with van der Waals surface area (Å²) in [6.45, 7) is 1.96. The van der Waals surface area contributed by atoms with Gasteiger partial charge in [0.05, 0.1) is 0 Å². The zero-order valence-corrected chi connectivity index (χ0v) is 9.09. The molecule has 2 unspecified atom stereocenters. The fraction of sp³-hybridized carbons (Fsp3) is 0.231. The molecular weight excluding hydrogens is 202 g/mol. The van der Waals surface area contributed by atoms with Crippen LogP contribution in [0.3, 0.4) is 0 Å². The Kier molecular flexibility index (Phi) is 2.71. The van der Waals surface area contributed by atoms with Crippen molar-refractivity contribution in [1.29, 1.82) is 0 Å². The summed E-state index contributed by atoms with van der Waals surface area (Å²) in [5, 5.41) is 19.0. The Morgan fingerprint density at radius 2 is 2.00 bits per heavy atom. The molecule has 2 atom stereocenters. The van der Waals surface area contributed by atoms with E-state index in [1.54, 1.807) is 30.4 Å². The standard InChI is InChI=1S/C13H15NO2/c1-8-2-3-9(15)6-11(8)12-7-10(16)4-5-13(12)14/h2-7,12-13,15-16H,14H2,1H3. The largest absolute Gasteiger partial charge is 0.508 e. The minimum absolute atomic E-state index is 0.0860. The van der Waals surface area contributed by atoms with Gasteiger partial charge in [-0.15, -0.1) is 0 Å². The monoisotopic (exact) mass is 217 g/mol. The highest BCUT2D eigenvalue weighted by atomic mass is 16.3. The summed E-state index contributed by atoms with van der Waals surface area (Å²) in [5.74, 6) is 0.349. The molecule has 1 aromatic carbocycles. The van der Waals surface area contributed by atoms with E-state index in [0.717, 1.165) is 11.1 Å². The van der Waals surface area contributed by atoms with E-state index in [-0.39, 0.29) is 23.5 Å². The van der Waals surface area contributed by atoms with Crippen LogP contribution in [0.15, 0.2) is 42.2 Å². The first-order valence-electron chi connectivity index (χ1n) is 5.22. The third kappa shape index (κ3) is 1.95. The second kappa shape index (κ2) is 4.02. The maximum Gasteiger partial charge on any atom is 0.115 e. The highest BCUT2D eigenvalue weighted by molar-refractivity contribution is 5.42. The highest BCUT2D eigenvalue weighted by Gasteiger charge is 2.21. The number of rotatable bonds is 1. The maximum atomic E-state index is 9.48. The van der Waals surface area contributed by atoms with Crippen LogP contribution in [-0.4, -0.2) is 16.3 Å². The molecule has 1 aromatic rings. The molecule has 0 radical (unpaired) electrons. The summed E-state index contributed by atoms with van der Waals surface area (Å²) in [5.41, 5.74) is 7.97. The lowest BCUT2D eigenvalue weighted by molar-refractivity contribution is 0.420. The van der Waals surface area contributed by atoms with Crippen molar-refractivity contribution in [1.82, 2.24) is 0 Å². The number of hydrogen-bond acceptors (Lipinski definition) is 3. The second-order valence-corrected chi connectivity index (χ2v) is 4.09. The van der Waals surface area contributed by atoms with Crippen molar-refractivity contribution < 1.29 is 10.2 Å². The Morgan fingerprint density at radius 3 is 2.75 bits per heavy atom. The van der Waals surface area contributed by atoms with Crippen molar-refractivity contribution in [2.45, 2.75) is 18.9 Å². The normalized spacial score (nSPS) is 24.2. The van der Waals surface area contributed by atoms with Crippen molar-refractivity contribution in [3.05, 3.63) is 53.3 Å². The molecule has 0 spiro atoms. The van der Waals surface area contributed by atoms with Crippen LogP contribution in [0, 0.1) is 6.92 Å². The van der Waals surface area contributed by atoms with Crippen molar-refractivity contribution in [3.8, 4) is 5.75 Å². The third-order valence-corrected chi connectivity index (χ3v) is 2.88. The molecular formula is C13H15NO2. The number of nitrogens with two attached hydrogens (primary N) is 1. The molecule has 0 heterocycles. The second-order valence-electron chi connectivity index (χ2n) is 4.09.